The smallest absolute Gasteiger partial charge is 0 e. The monoisotopic (exact) mass is 283 g/mol. The Hall–Kier alpha value is 4.79. The van der Waals surface area contributed by atoms with E-state index in [4.69, 9.17) is 0 Å². The average molecular weight is 284 g/mol. The van der Waals surface area contributed by atoms with E-state index in [1.807, 2.05) is 0 Å². The van der Waals surface area contributed by atoms with Crippen LogP contribution in [0.4, 0.5) is 0 Å². The molecule has 0 aromatic carbocycles. The largest absolute Gasteiger partial charge is 0 e. The molecule has 0 unspecified atom stereocenters. The van der Waals surface area contributed by atoms with Gasteiger partial charge in [-0.25, -0.2) is 0 Å². The molecule has 0 fully saturated rings. The Kier molecular flexibility index (Phi) is 153. The molecule has 0 rings (SSSR count). The van der Waals surface area contributed by atoms with Gasteiger partial charge >= 0.3 is 0 Å². The van der Waals surface area contributed by atoms with E-state index in [2.05, 4.69) is 0 Å². The van der Waals surface area contributed by atoms with Crippen molar-refractivity contribution in [3.8, 4) is 0 Å². The van der Waals surface area contributed by atoms with E-state index in [0.717, 1.165) is 0 Å². The molecule has 0 nitrogen and oxygen atoms in total. The maximum Gasteiger partial charge on any atom is 0 e. The standard InChI is InChI=1S/K.Li.Na.Nb.Sb. The van der Waals surface area contributed by atoms with Crippen molar-refractivity contribution in [2.75, 3.05) is 0 Å². The molecule has 0 aliphatic heterocycles. The summed E-state index contributed by atoms with van der Waals surface area (Å²) in [7, 11) is 0. The van der Waals surface area contributed by atoms with Crippen LogP contribution in [0.1, 0.15) is 0 Å². The molecule has 5 heavy (non-hydrogen) atoms. The Morgan fingerprint density at radius 3 is 1.00 bits per heavy atom. The van der Waals surface area contributed by atoms with Crippen LogP contribution >= 0.6 is 0 Å². The molecule has 0 spiro atoms. The Bertz CT molecular complexity index is 11.6. The van der Waals surface area contributed by atoms with Gasteiger partial charge in [-0.05, 0) is 0 Å². The molecular weight excluding hydrogens is 284 g/mol. The van der Waals surface area contributed by atoms with Crippen molar-refractivity contribution in [1.82, 2.24) is 0 Å². The maximum atomic E-state index is 0. The van der Waals surface area contributed by atoms with Gasteiger partial charge in [-0.3, -0.25) is 0 Å². The van der Waals surface area contributed by atoms with Gasteiger partial charge in [0.05, 0.1) is 0 Å². The molecule has 0 heterocycles. The van der Waals surface area contributed by atoms with E-state index in [1.165, 1.54) is 0 Å². The molecule has 0 aliphatic carbocycles. The van der Waals surface area contributed by atoms with Crippen LogP contribution in [0, 0.1) is 0 Å². The van der Waals surface area contributed by atoms with Crippen LogP contribution in [0.15, 0.2) is 0 Å². The van der Waals surface area contributed by atoms with Crippen molar-refractivity contribution >= 4 is 124 Å². The van der Waals surface area contributed by atoms with E-state index in [9.17, 15) is 0 Å². The van der Waals surface area contributed by atoms with Gasteiger partial charge in [-0.2, -0.15) is 0 Å². The molecule has 0 saturated heterocycles. The van der Waals surface area contributed by atoms with Crippen LogP contribution in [-0.4, -0.2) is 124 Å². The predicted octanol–water partition coefficient (Wildman–Crippen LogP) is -1.53. The second-order valence-electron chi connectivity index (χ2n) is 0. The second-order valence-corrected chi connectivity index (χ2v) is 0. The number of hydrogen-bond donors (Lipinski definition) is 0. The average Bonchev–Trinajstić information content (AvgIpc) is 0. The summed E-state index contributed by atoms with van der Waals surface area (Å²) in [4.78, 5) is 0. The summed E-state index contributed by atoms with van der Waals surface area (Å²) in [5.41, 5.74) is 0. The second kappa shape index (κ2) is 23.2. The van der Waals surface area contributed by atoms with Crippen LogP contribution in [0.5, 0.6) is 0 Å². The van der Waals surface area contributed by atoms with Crippen molar-refractivity contribution in [2.24, 2.45) is 0 Å². The minimum absolute atomic E-state index is 0. The van der Waals surface area contributed by atoms with E-state index >= 15 is 0 Å². The molecule has 0 saturated carbocycles. The van der Waals surface area contributed by atoms with Gasteiger partial charge in [0, 0.05) is 147 Å². The van der Waals surface area contributed by atoms with Gasteiger partial charge in [0.15, 0.2) is 0 Å². The van der Waals surface area contributed by atoms with Crippen LogP contribution < -0.4 is 0 Å². The van der Waals surface area contributed by atoms with Crippen molar-refractivity contribution in [3.05, 3.63) is 0 Å². The fourth-order valence-corrected chi connectivity index (χ4v) is 0. The summed E-state index contributed by atoms with van der Waals surface area (Å²) in [6.07, 6.45) is 0. The molecule has 7 radical (unpaired) electrons. The van der Waals surface area contributed by atoms with Crippen LogP contribution in [-0.2, 0) is 22.4 Å². The third-order valence-electron chi connectivity index (χ3n) is 0. The van der Waals surface area contributed by atoms with E-state index in [-0.39, 0.29) is 147 Å². The third kappa shape index (κ3) is 17.7. The summed E-state index contributed by atoms with van der Waals surface area (Å²) < 4.78 is 0. The Balaban J connectivity index is 0. The molecule has 0 aliphatic rings. The molecule has 0 aromatic heterocycles. The number of hydrogen-bond acceptors (Lipinski definition) is 0. The van der Waals surface area contributed by atoms with Gasteiger partial charge in [0.1, 0.15) is 0 Å². The summed E-state index contributed by atoms with van der Waals surface area (Å²) in [5.74, 6) is 0. The van der Waals surface area contributed by atoms with Crippen molar-refractivity contribution in [3.63, 3.8) is 0 Å². The first-order chi connectivity index (χ1) is 0. The number of rotatable bonds is 0. The SMILES string of the molecule is [K].[Li].[Na].[Nb].[Sb]. The zero-order valence-corrected chi connectivity index (χ0v) is 13.8. The molecular formula is KLiNaNbSb. The predicted molar refractivity (Wildman–Crippen MR) is 23.0 cm³/mol. The first-order valence-corrected chi connectivity index (χ1v) is 0. The minimum Gasteiger partial charge on any atom is 0 e. The molecule has 5 heteroatoms. The van der Waals surface area contributed by atoms with Crippen LogP contribution in [0.25, 0.3) is 0 Å². The van der Waals surface area contributed by atoms with Gasteiger partial charge in [-0.15, -0.1) is 0 Å². The summed E-state index contributed by atoms with van der Waals surface area (Å²) in [6, 6.07) is 0. The van der Waals surface area contributed by atoms with Gasteiger partial charge < -0.3 is 0 Å². The molecule has 0 atom stereocenters. The Morgan fingerprint density at radius 2 is 1.00 bits per heavy atom. The summed E-state index contributed by atoms with van der Waals surface area (Å²) >= 11 is 0. The summed E-state index contributed by atoms with van der Waals surface area (Å²) in [5, 5.41) is 0. The van der Waals surface area contributed by atoms with Gasteiger partial charge in [-0.1, -0.05) is 0 Å². The Labute approximate surface area is 142 Å². The van der Waals surface area contributed by atoms with Gasteiger partial charge in [0.2, 0.25) is 0 Å². The maximum absolute atomic E-state index is 0. The molecule has 0 N–H and O–H groups in total. The minimum atomic E-state index is 0. The van der Waals surface area contributed by atoms with E-state index in [1.54, 1.807) is 0 Å². The summed E-state index contributed by atoms with van der Waals surface area (Å²) in [6.45, 7) is 0. The van der Waals surface area contributed by atoms with Crippen molar-refractivity contribution in [2.45, 2.75) is 0 Å². The fourth-order valence-electron chi connectivity index (χ4n) is 0. The molecule has 0 bridgehead atoms. The molecule has 0 amide bonds. The molecule has 13 valence electrons. The van der Waals surface area contributed by atoms with Crippen LogP contribution in [0.2, 0.25) is 0 Å². The van der Waals surface area contributed by atoms with Gasteiger partial charge in [0.25, 0.3) is 0 Å². The van der Waals surface area contributed by atoms with Crippen molar-refractivity contribution < 1.29 is 22.4 Å². The molecule has 0 aromatic rings. The zero-order chi connectivity index (χ0) is 0. The first-order valence-electron chi connectivity index (χ1n) is 0. The quantitative estimate of drug-likeness (QED) is 0.474. The first kappa shape index (κ1) is 33.0. The Morgan fingerprint density at radius 1 is 1.00 bits per heavy atom. The van der Waals surface area contributed by atoms with Crippen LogP contribution in [0.3, 0.4) is 0 Å². The van der Waals surface area contributed by atoms with Crippen molar-refractivity contribution in [1.29, 1.82) is 0 Å². The van der Waals surface area contributed by atoms with E-state index < -0.39 is 0 Å². The normalized spacial score (nSPS) is 0. The van der Waals surface area contributed by atoms with E-state index in [0.29, 0.717) is 0 Å². The topological polar surface area (TPSA) is 0 Å². The third-order valence-corrected chi connectivity index (χ3v) is 0. The fraction of sp³-hybridized carbons (Fsp3) is 0. The zero-order valence-electron chi connectivity index (χ0n) is 3.89.